The molecule has 0 N–H and O–H groups in total. The Bertz CT molecular complexity index is 921. The van der Waals surface area contributed by atoms with Gasteiger partial charge in [-0.05, 0) is 50.7 Å². The molecule has 1 aromatic carbocycles. The monoisotopic (exact) mass is 532 g/mol. The molecule has 1 saturated heterocycles. The number of aromatic nitrogens is 1. The van der Waals surface area contributed by atoms with Crippen LogP contribution in [-0.4, -0.2) is 73.2 Å². The van der Waals surface area contributed by atoms with Gasteiger partial charge in [0.1, 0.15) is 12.4 Å². The number of anilines is 2. The summed E-state index contributed by atoms with van der Waals surface area (Å²) in [6.07, 6.45) is 3.95. The molecule has 4 rings (SSSR count). The quantitative estimate of drug-likeness (QED) is 0.457. The zero-order chi connectivity index (χ0) is 21.6. The number of nitrogens with zero attached hydrogens (tertiary/aromatic N) is 4. The number of ether oxygens (including phenoxy) is 1. The van der Waals surface area contributed by atoms with Crippen molar-refractivity contribution in [3.05, 3.63) is 41.6 Å². The summed E-state index contributed by atoms with van der Waals surface area (Å²) in [6, 6.07) is 10.5. The maximum atomic E-state index is 11.0. The lowest BCUT2D eigenvalue weighted by Crippen LogP contribution is -2.34. The maximum Gasteiger partial charge on any atom is 0.302 e. The van der Waals surface area contributed by atoms with Crippen LogP contribution in [0.2, 0.25) is 5.02 Å². The van der Waals surface area contributed by atoms with Crippen LogP contribution in [0.1, 0.15) is 19.8 Å². The molecule has 0 bridgehead atoms. The Kier molecular flexibility index (Phi) is 11.6. The number of carbonyl (C=O) groups excluding carboxylic acids is 1. The van der Waals surface area contributed by atoms with Gasteiger partial charge >= 0.3 is 5.97 Å². The van der Waals surface area contributed by atoms with E-state index in [0.717, 1.165) is 69.4 Å². The first-order valence-electron chi connectivity index (χ1n) is 10.9. The van der Waals surface area contributed by atoms with E-state index < -0.39 is 0 Å². The number of benzene rings is 1. The number of pyridine rings is 1. The summed E-state index contributed by atoms with van der Waals surface area (Å²) in [7, 11) is 0. The van der Waals surface area contributed by atoms with Crippen molar-refractivity contribution in [1.29, 1.82) is 0 Å². The molecule has 0 atom stereocenters. The highest BCUT2D eigenvalue weighted by Crippen LogP contribution is 2.47. The number of hydrogen-bond acceptors (Lipinski definition) is 7. The molecule has 0 unspecified atom stereocenters. The van der Waals surface area contributed by atoms with Gasteiger partial charge in [0.25, 0.3) is 0 Å². The highest BCUT2D eigenvalue weighted by atomic mass is 35.5. The van der Waals surface area contributed by atoms with Crippen molar-refractivity contribution in [2.45, 2.75) is 29.6 Å². The van der Waals surface area contributed by atoms with Gasteiger partial charge in [-0.1, -0.05) is 35.5 Å². The minimum Gasteiger partial charge on any atom is -0.465 e. The number of carbonyl (C=O) groups is 1. The molecule has 33 heavy (non-hydrogen) atoms. The fourth-order valence-electron chi connectivity index (χ4n) is 4.16. The summed E-state index contributed by atoms with van der Waals surface area (Å²) >= 11 is 7.94. The van der Waals surface area contributed by atoms with E-state index >= 15 is 0 Å². The van der Waals surface area contributed by atoms with E-state index in [2.05, 4.69) is 43.9 Å². The van der Waals surface area contributed by atoms with Crippen LogP contribution in [0.15, 0.2) is 46.3 Å². The van der Waals surface area contributed by atoms with Gasteiger partial charge in [0, 0.05) is 44.2 Å². The lowest BCUT2D eigenvalue weighted by atomic mass is 10.2. The van der Waals surface area contributed by atoms with Gasteiger partial charge in [0.15, 0.2) is 0 Å². The number of hydrogen-bond donors (Lipinski definition) is 0. The Morgan fingerprint density at radius 2 is 1.79 bits per heavy atom. The third kappa shape index (κ3) is 7.64. The van der Waals surface area contributed by atoms with Gasteiger partial charge in [-0.25, -0.2) is 4.98 Å². The zero-order valence-corrected chi connectivity index (χ0v) is 21.9. The Morgan fingerprint density at radius 1 is 1.06 bits per heavy atom. The van der Waals surface area contributed by atoms with Crippen molar-refractivity contribution >= 4 is 65.7 Å². The molecular weight excluding hydrogens is 503 g/mol. The van der Waals surface area contributed by atoms with Crippen LogP contribution >= 0.6 is 48.2 Å². The molecule has 0 aliphatic carbocycles. The first-order valence-corrected chi connectivity index (χ1v) is 12.1. The van der Waals surface area contributed by atoms with Gasteiger partial charge in [-0.3, -0.25) is 9.69 Å². The number of rotatable bonds is 7. The van der Waals surface area contributed by atoms with Crippen LogP contribution in [0.5, 0.6) is 0 Å². The van der Waals surface area contributed by atoms with E-state index in [1.54, 1.807) is 18.0 Å². The molecule has 182 valence electrons. The highest BCUT2D eigenvalue weighted by Gasteiger charge is 2.24. The van der Waals surface area contributed by atoms with Crippen LogP contribution in [-0.2, 0) is 9.53 Å². The molecule has 10 heteroatoms. The minimum atomic E-state index is -0.201. The summed E-state index contributed by atoms with van der Waals surface area (Å²) < 4.78 is 5.09. The van der Waals surface area contributed by atoms with Crippen molar-refractivity contribution < 1.29 is 9.53 Å². The standard InChI is InChI=1S/C23H29ClN4O2S.2ClH/c1-18(29)30-15-14-27-9-4-8-26(12-13-27)10-5-11-28-20-6-2-3-7-21(20)31-22-16-19(24)17-25-23(22)28;;/h2-3,6-7,16-17H,4-5,8-15H2,1H3;2*1H. The van der Waals surface area contributed by atoms with E-state index in [-0.39, 0.29) is 30.8 Å². The largest absolute Gasteiger partial charge is 0.465 e. The molecule has 3 heterocycles. The molecule has 2 aliphatic heterocycles. The lowest BCUT2D eigenvalue weighted by molar-refractivity contribution is -0.141. The molecule has 6 nitrogen and oxygen atoms in total. The third-order valence-corrected chi connectivity index (χ3v) is 6.97. The van der Waals surface area contributed by atoms with Crippen LogP contribution in [0, 0.1) is 0 Å². The Labute approximate surface area is 217 Å². The van der Waals surface area contributed by atoms with E-state index in [9.17, 15) is 4.79 Å². The van der Waals surface area contributed by atoms with Gasteiger partial charge in [-0.2, -0.15) is 0 Å². The Hall–Kier alpha value is -1.22. The van der Waals surface area contributed by atoms with Gasteiger partial charge < -0.3 is 14.5 Å². The van der Waals surface area contributed by atoms with E-state index in [1.807, 2.05) is 6.07 Å². The summed E-state index contributed by atoms with van der Waals surface area (Å²) in [5, 5.41) is 0.674. The van der Waals surface area contributed by atoms with Gasteiger partial charge in [0.2, 0.25) is 0 Å². The second kappa shape index (κ2) is 13.6. The fraction of sp³-hybridized carbons (Fsp3) is 0.478. The van der Waals surface area contributed by atoms with Crippen LogP contribution < -0.4 is 4.90 Å². The fourth-order valence-corrected chi connectivity index (χ4v) is 5.49. The maximum absolute atomic E-state index is 11.0. The summed E-state index contributed by atoms with van der Waals surface area (Å²) in [5.74, 6) is 0.799. The summed E-state index contributed by atoms with van der Waals surface area (Å²) in [4.78, 5) is 25.2. The minimum absolute atomic E-state index is 0. The topological polar surface area (TPSA) is 48.9 Å². The van der Waals surface area contributed by atoms with Crippen molar-refractivity contribution in [3.63, 3.8) is 0 Å². The average molecular weight is 534 g/mol. The van der Waals surface area contributed by atoms with E-state index in [4.69, 9.17) is 16.3 Å². The third-order valence-electron chi connectivity index (χ3n) is 5.68. The van der Waals surface area contributed by atoms with Gasteiger partial charge in [0.05, 0.1) is 15.6 Å². The Morgan fingerprint density at radius 3 is 2.55 bits per heavy atom. The normalized spacial score (nSPS) is 16.0. The van der Waals surface area contributed by atoms with Crippen LogP contribution in [0.4, 0.5) is 11.5 Å². The lowest BCUT2D eigenvalue weighted by Gasteiger charge is -2.32. The van der Waals surface area contributed by atoms with Crippen molar-refractivity contribution in [3.8, 4) is 0 Å². The van der Waals surface area contributed by atoms with E-state index in [0.29, 0.717) is 11.6 Å². The zero-order valence-electron chi connectivity index (χ0n) is 18.7. The van der Waals surface area contributed by atoms with Gasteiger partial charge in [-0.15, -0.1) is 24.8 Å². The SMILES string of the molecule is CC(=O)OCCN1CCCN(CCCN2c3ccccc3Sc3cc(Cl)cnc32)CC1.Cl.Cl. The molecular formula is C23H31Cl3N4O2S. The summed E-state index contributed by atoms with van der Waals surface area (Å²) in [6.45, 7) is 9.00. The average Bonchev–Trinajstić information content (AvgIpc) is 2.98. The smallest absolute Gasteiger partial charge is 0.302 e. The molecule has 1 aromatic heterocycles. The molecule has 2 aromatic rings. The second-order valence-electron chi connectivity index (χ2n) is 7.93. The first-order chi connectivity index (χ1) is 15.1. The van der Waals surface area contributed by atoms with Crippen LogP contribution in [0.3, 0.4) is 0 Å². The van der Waals surface area contributed by atoms with Crippen molar-refractivity contribution in [2.75, 3.05) is 57.3 Å². The number of halogens is 3. The number of para-hydroxylation sites is 1. The summed E-state index contributed by atoms with van der Waals surface area (Å²) in [5.41, 5.74) is 1.22. The molecule has 0 saturated carbocycles. The molecule has 0 radical (unpaired) electrons. The van der Waals surface area contributed by atoms with Crippen LogP contribution in [0.25, 0.3) is 0 Å². The molecule has 2 aliphatic rings. The van der Waals surface area contributed by atoms with Crippen molar-refractivity contribution in [2.24, 2.45) is 0 Å². The van der Waals surface area contributed by atoms with Crippen molar-refractivity contribution in [1.82, 2.24) is 14.8 Å². The number of fused-ring (bicyclic) bond motifs is 2. The highest BCUT2D eigenvalue weighted by molar-refractivity contribution is 7.99. The molecule has 0 spiro atoms. The predicted molar refractivity (Wildman–Crippen MR) is 140 cm³/mol. The predicted octanol–water partition coefficient (Wildman–Crippen LogP) is 5.14. The molecule has 1 fully saturated rings. The first kappa shape index (κ1) is 28.0. The van der Waals surface area contributed by atoms with E-state index in [1.165, 1.54) is 17.5 Å². The Balaban J connectivity index is 0.00000193. The number of esters is 1. The molecule has 0 amide bonds. The second-order valence-corrected chi connectivity index (χ2v) is 9.45.